The summed E-state index contributed by atoms with van der Waals surface area (Å²) in [7, 11) is 0. The average molecular weight is 403 g/mol. The summed E-state index contributed by atoms with van der Waals surface area (Å²) in [5, 5.41) is 0. The van der Waals surface area contributed by atoms with Crippen molar-refractivity contribution in [3.05, 3.63) is 28.8 Å². The SMILES string of the molecule is CCCC(C)CCCC(C)CCCC(C)C.Cc1ccc(C)c2c1CCC(C)O2. The quantitative estimate of drug-likeness (QED) is 0.379. The summed E-state index contributed by atoms with van der Waals surface area (Å²) in [5.74, 6) is 3.93. The smallest absolute Gasteiger partial charge is 0.126 e. The molecule has 1 heterocycles. The molecule has 0 amide bonds. The van der Waals surface area contributed by atoms with Gasteiger partial charge in [-0.1, -0.05) is 98.1 Å². The van der Waals surface area contributed by atoms with Crippen molar-refractivity contribution in [1.29, 1.82) is 0 Å². The minimum absolute atomic E-state index is 0.382. The number of aryl methyl sites for hydroxylation is 2. The van der Waals surface area contributed by atoms with Crippen LogP contribution in [0.1, 0.15) is 116 Å². The van der Waals surface area contributed by atoms with Crippen LogP contribution in [-0.2, 0) is 6.42 Å². The molecule has 29 heavy (non-hydrogen) atoms. The lowest BCUT2D eigenvalue weighted by Crippen LogP contribution is -2.20. The number of rotatable bonds is 10. The van der Waals surface area contributed by atoms with Crippen LogP contribution in [-0.4, -0.2) is 6.10 Å². The maximum absolute atomic E-state index is 5.84. The van der Waals surface area contributed by atoms with E-state index in [1.807, 2.05) is 0 Å². The third-order valence-corrected chi connectivity index (χ3v) is 6.47. The summed E-state index contributed by atoms with van der Waals surface area (Å²) < 4.78 is 5.84. The maximum atomic E-state index is 5.84. The van der Waals surface area contributed by atoms with Crippen LogP contribution in [0.5, 0.6) is 5.75 Å². The Morgan fingerprint density at radius 1 is 0.862 bits per heavy atom. The number of ether oxygens (including phenoxy) is 1. The van der Waals surface area contributed by atoms with E-state index in [1.165, 1.54) is 74.5 Å². The minimum Gasteiger partial charge on any atom is -0.490 e. The molecule has 0 radical (unpaired) electrons. The second-order valence-corrected chi connectivity index (χ2v) is 10.2. The lowest BCUT2D eigenvalue weighted by atomic mass is 9.92. The number of fused-ring (bicyclic) bond motifs is 1. The van der Waals surface area contributed by atoms with Gasteiger partial charge in [-0.15, -0.1) is 0 Å². The monoisotopic (exact) mass is 402 g/mol. The van der Waals surface area contributed by atoms with Gasteiger partial charge in [0.25, 0.3) is 0 Å². The zero-order chi connectivity index (χ0) is 21.8. The van der Waals surface area contributed by atoms with Gasteiger partial charge in [-0.25, -0.2) is 0 Å². The zero-order valence-corrected chi connectivity index (χ0v) is 20.9. The van der Waals surface area contributed by atoms with Gasteiger partial charge in [0.15, 0.2) is 0 Å². The largest absolute Gasteiger partial charge is 0.490 e. The Balaban J connectivity index is 0.000000294. The van der Waals surface area contributed by atoms with Crippen LogP contribution in [0.3, 0.4) is 0 Å². The fraction of sp³-hybridized carbons (Fsp3) is 0.786. The minimum atomic E-state index is 0.382. The molecule has 1 nitrogen and oxygen atoms in total. The standard InChI is InChI=1S/C16H34.C12H16O/c1-6-9-15(4)12-8-13-16(5)11-7-10-14(2)3;1-8-4-5-9(2)12-11(8)7-6-10(3)13-12/h14-16H,6-13H2,1-5H3;4-5,10H,6-7H2,1-3H3. The van der Waals surface area contributed by atoms with Crippen LogP contribution in [0, 0.1) is 31.6 Å². The lowest BCUT2D eigenvalue weighted by Gasteiger charge is -2.26. The normalized spacial score (nSPS) is 17.8. The molecule has 168 valence electrons. The molecule has 2 rings (SSSR count). The summed E-state index contributed by atoms with van der Waals surface area (Å²) in [5.41, 5.74) is 4.05. The predicted molar refractivity (Wildman–Crippen MR) is 130 cm³/mol. The molecule has 1 aliphatic heterocycles. The fourth-order valence-electron chi connectivity index (χ4n) is 4.40. The summed E-state index contributed by atoms with van der Waals surface area (Å²) >= 11 is 0. The summed E-state index contributed by atoms with van der Waals surface area (Å²) in [6.07, 6.45) is 14.1. The van der Waals surface area contributed by atoms with Gasteiger partial charge < -0.3 is 4.74 Å². The van der Waals surface area contributed by atoms with Crippen molar-refractivity contribution in [3.63, 3.8) is 0 Å². The van der Waals surface area contributed by atoms with Gasteiger partial charge in [-0.05, 0) is 68.1 Å². The van der Waals surface area contributed by atoms with E-state index in [9.17, 15) is 0 Å². The summed E-state index contributed by atoms with van der Waals surface area (Å²) in [6, 6.07) is 4.33. The highest BCUT2D eigenvalue weighted by molar-refractivity contribution is 5.46. The highest BCUT2D eigenvalue weighted by Crippen LogP contribution is 2.33. The van der Waals surface area contributed by atoms with Crippen LogP contribution in [0.4, 0.5) is 0 Å². The molecule has 0 spiro atoms. The van der Waals surface area contributed by atoms with E-state index in [4.69, 9.17) is 4.74 Å². The van der Waals surface area contributed by atoms with Gasteiger partial charge in [0, 0.05) is 0 Å². The van der Waals surface area contributed by atoms with Crippen LogP contribution < -0.4 is 4.74 Å². The van der Waals surface area contributed by atoms with Gasteiger partial charge in [0.1, 0.15) is 5.75 Å². The molecule has 0 saturated heterocycles. The Morgan fingerprint density at radius 2 is 1.41 bits per heavy atom. The van der Waals surface area contributed by atoms with Crippen molar-refractivity contribution in [2.75, 3.05) is 0 Å². The second-order valence-electron chi connectivity index (χ2n) is 10.2. The molecule has 0 N–H and O–H groups in total. The van der Waals surface area contributed by atoms with Gasteiger partial charge in [-0.2, -0.15) is 0 Å². The maximum Gasteiger partial charge on any atom is 0.126 e. The summed E-state index contributed by atoms with van der Waals surface area (Å²) in [4.78, 5) is 0. The molecule has 0 saturated carbocycles. The van der Waals surface area contributed by atoms with E-state index >= 15 is 0 Å². The van der Waals surface area contributed by atoms with Gasteiger partial charge in [0.05, 0.1) is 6.10 Å². The van der Waals surface area contributed by atoms with E-state index < -0.39 is 0 Å². The van der Waals surface area contributed by atoms with E-state index in [-0.39, 0.29) is 0 Å². The number of hydrogen-bond donors (Lipinski definition) is 0. The molecular formula is C28H50O. The Hall–Kier alpha value is -0.980. The van der Waals surface area contributed by atoms with Crippen molar-refractivity contribution in [2.24, 2.45) is 17.8 Å². The Labute approximate surface area is 183 Å². The molecule has 0 fully saturated rings. The van der Waals surface area contributed by atoms with E-state index in [1.54, 1.807) is 0 Å². The first-order valence-corrected chi connectivity index (χ1v) is 12.5. The van der Waals surface area contributed by atoms with Crippen molar-refractivity contribution < 1.29 is 4.74 Å². The Morgan fingerprint density at radius 3 is 2.00 bits per heavy atom. The number of hydrogen-bond acceptors (Lipinski definition) is 1. The molecule has 1 aliphatic rings. The Kier molecular flexibility index (Phi) is 12.7. The zero-order valence-electron chi connectivity index (χ0n) is 20.9. The predicted octanol–water partition coefficient (Wildman–Crippen LogP) is 9.07. The van der Waals surface area contributed by atoms with Crippen molar-refractivity contribution >= 4 is 0 Å². The third-order valence-electron chi connectivity index (χ3n) is 6.47. The average Bonchev–Trinajstić information content (AvgIpc) is 2.65. The van der Waals surface area contributed by atoms with Gasteiger partial charge in [0.2, 0.25) is 0 Å². The van der Waals surface area contributed by atoms with Crippen LogP contribution >= 0.6 is 0 Å². The molecule has 3 unspecified atom stereocenters. The van der Waals surface area contributed by atoms with E-state index in [0.717, 1.165) is 29.9 Å². The second kappa shape index (κ2) is 14.1. The number of benzene rings is 1. The van der Waals surface area contributed by atoms with Crippen LogP contribution in [0.15, 0.2) is 12.1 Å². The third kappa shape index (κ3) is 10.6. The molecule has 3 atom stereocenters. The first-order chi connectivity index (χ1) is 13.7. The topological polar surface area (TPSA) is 9.23 Å². The molecule has 1 heteroatoms. The van der Waals surface area contributed by atoms with Gasteiger partial charge >= 0.3 is 0 Å². The lowest BCUT2D eigenvalue weighted by molar-refractivity contribution is 0.190. The molecule has 1 aromatic carbocycles. The summed E-state index contributed by atoms with van der Waals surface area (Å²) in [6.45, 7) is 18.2. The first-order valence-electron chi connectivity index (χ1n) is 12.5. The van der Waals surface area contributed by atoms with Crippen molar-refractivity contribution in [1.82, 2.24) is 0 Å². The highest BCUT2D eigenvalue weighted by atomic mass is 16.5. The molecular weight excluding hydrogens is 352 g/mol. The Bertz CT molecular complexity index is 560. The van der Waals surface area contributed by atoms with E-state index in [2.05, 4.69) is 67.5 Å². The van der Waals surface area contributed by atoms with Crippen LogP contribution in [0.25, 0.3) is 0 Å². The van der Waals surface area contributed by atoms with Gasteiger partial charge in [-0.3, -0.25) is 0 Å². The molecule has 0 aliphatic carbocycles. The van der Waals surface area contributed by atoms with Crippen molar-refractivity contribution in [3.8, 4) is 5.75 Å². The fourth-order valence-corrected chi connectivity index (χ4v) is 4.40. The van der Waals surface area contributed by atoms with Crippen LogP contribution in [0.2, 0.25) is 0 Å². The molecule has 0 aromatic heterocycles. The first kappa shape index (κ1) is 26.1. The van der Waals surface area contributed by atoms with Crippen molar-refractivity contribution in [2.45, 2.75) is 126 Å². The molecule has 1 aromatic rings. The molecule has 0 bridgehead atoms. The highest BCUT2D eigenvalue weighted by Gasteiger charge is 2.19. The van der Waals surface area contributed by atoms with E-state index in [0.29, 0.717) is 6.10 Å².